The molecule has 4 aromatic rings. The smallest absolute Gasteiger partial charge is 0.243 e. The number of rotatable bonds is 6. The highest BCUT2D eigenvalue weighted by atomic mass is 32.2. The molecule has 8 heteroatoms. The van der Waals surface area contributed by atoms with E-state index >= 15 is 0 Å². The minimum absolute atomic E-state index is 0.0217. The second-order valence-corrected chi connectivity index (χ2v) is 10.3. The van der Waals surface area contributed by atoms with Crippen LogP contribution in [0.25, 0.3) is 10.8 Å². The zero-order valence-electron chi connectivity index (χ0n) is 18.7. The molecular weight excluding hydrogens is 464 g/mol. The first-order valence-corrected chi connectivity index (χ1v) is 12.7. The highest BCUT2D eigenvalue weighted by Crippen LogP contribution is 2.30. The molecule has 0 spiro atoms. The molecule has 35 heavy (non-hydrogen) atoms. The summed E-state index contributed by atoms with van der Waals surface area (Å²) < 4.78 is 33.7. The number of carbonyl (C=O) groups is 1. The molecule has 5 rings (SSSR count). The fraction of sp³-hybridized carbons (Fsp3) is 0.148. The molecule has 0 aromatic heterocycles. The van der Waals surface area contributed by atoms with Crippen molar-refractivity contribution in [2.75, 3.05) is 11.9 Å². The molecule has 0 bridgehead atoms. The molecule has 0 saturated carbocycles. The average molecular weight is 489 g/mol. The zero-order valence-corrected chi connectivity index (χ0v) is 19.6. The molecule has 1 heterocycles. The normalized spacial score (nSPS) is 18.4. The summed E-state index contributed by atoms with van der Waals surface area (Å²) in [6.45, 7) is -0.142. The number of fused-ring (bicyclic) bond motifs is 1. The standard InChI is InChI=1S/C27H24N2O5S/c30-22-17-26(27(31)28-21-11-13-24(14-12-21)34-23-8-2-1-3-9-23)29(18-22)35(32,33)25-15-10-19-6-4-5-7-20(19)16-25/h1-16,22,26,30H,17-18H2,(H,28,31)/t22-,26-/m1/s1. The Morgan fingerprint density at radius 1 is 0.857 bits per heavy atom. The maximum absolute atomic E-state index is 13.4. The van der Waals surface area contributed by atoms with E-state index in [0.29, 0.717) is 17.2 Å². The van der Waals surface area contributed by atoms with Gasteiger partial charge in [-0.25, -0.2) is 8.42 Å². The van der Waals surface area contributed by atoms with Gasteiger partial charge in [0, 0.05) is 18.7 Å². The number of aliphatic hydroxyl groups is 1. The lowest BCUT2D eigenvalue weighted by Gasteiger charge is -2.23. The first-order chi connectivity index (χ1) is 16.9. The highest BCUT2D eigenvalue weighted by molar-refractivity contribution is 7.89. The summed E-state index contributed by atoms with van der Waals surface area (Å²) in [7, 11) is -4.00. The maximum Gasteiger partial charge on any atom is 0.243 e. The van der Waals surface area contributed by atoms with Gasteiger partial charge >= 0.3 is 0 Å². The van der Waals surface area contributed by atoms with Gasteiger partial charge in [0.25, 0.3) is 0 Å². The third kappa shape index (κ3) is 4.90. The fourth-order valence-electron chi connectivity index (χ4n) is 4.21. The Hall–Kier alpha value is -3.72. The van der Waals surface area contributed by atoms with Gasteiger partial charge < -0.3 is 15.2 Å². The number of anilines is 1. The van der Waals surface area contributed by atoms with E-state index in [0.717, 1.165) is 15.1 Å². The van der Waals surface area contributed by atoms with Gasteiger partial charge in [0.1, 0.15) is 17.5 Å². The third-order valence-electron chi connectivity index (χ3n) is 5.96. The van der Waals surface area contributed by atoms with Crippen LogP contribution >= 0.6 is 0 Å². The molecule has 2 N–H and O–H groups in total. The number of hydrogen-bond acceptors (Lipinski definition) is 5. The predicted octanol–water partition coefficient (Wildman–Crippen LogP) is 4.39. The Labute approximate surface area is 203 Å². The number of nitrogens with zero attached hydrogens (tertiary/aromatic N) is 1. The molecule has 1 fully saturated rings. The Bertz CT molecular complexity index is 1460. The number of nitrogens with one attached hydrogen (secondary N) is 1. The van der Waals surface area contributed by atoms with E-state index in [-0.39, 0.29) is 17.9 Å². The first kappa shape index (κ1) is 23.0. The van der Waals surface area contributed by atoms with Gasteiger partial charge in [0.15, 0.2) is 0 Å². The Kier molecular flexibility index (Phi) is 6.25. The van der Waals surface area contributed by atoms with Gasteiger partial charge in [-0.15, -0.1) is 0 Å². The Balaban J connectivity index is 1.33. The van der Waals surface area contributed by atoms with Gasteiger partial charge in [-0.05, 0) is 59.3 Å². The number of sulfonamides is 1. The Morgan fingerprint density at radius 3 is 2.26 bits per heavy atom. The van der Waals surface area contributed by atoms with E-state index in [1.807, 2.05) is 54.6 Å². The fourth-order valence-corrected chi connectivity index (χ4v) is 5.88. The number of amides is 1. The largest absolute Gasteiger partial charge is 0.457 e. The van der Waals surface area contributed by atoms with Crippen molar-refractivity contribution >= 4 is 32.4 Å². The molecule has 0 aliphatic carbocycles. The van der Waals surface area contributed by atoms with Crippen LogP contribution in [-0.2, 0) is 14.8 Å². The SMILES string of the molecule is O=C(Nc1ccc(Oc2ccccc2)cc1)[C@H]1C[C@@H](O)CN1S(=O)(=O)c1ccc2ccccc2c1. The van der Waals surface area contributed by atoms with Crippen molar-refractivity contribution in [1.82, 2.24) is 4.31 Å². The number of hydrogen-bond donors (Lipinski definition) is 2. The molecule has 7 nitrogen and oxygen atoms in total. The van der Waals surface area contributed by atoms with Crippen molar-refractivity contribution < 1.29 is 23.1 Å². The highest BCUT2D eigenvalue weighted by Gasteiger charge is 2.43. The van der Waals surface area contributed by atoms with Crippen LogP contribution in [0.5, 0.6) is 11.5 Å². The summed E-state index contributed by atoms with van der Waals surface area (Å²) >= 11 is 0. The van der Waals surface area contributed by atoms with Crippen molar-refractivity contribution in [3.05, 3.63) is 97.1 Å². The van der Waals surface area contributed by atoms with Gasteiger partial charge in [-0.3, -0.25) is 4.79 Å². The van der Waals surface area contributed by atoms with Crippen LogP contribution in [-0.4, -0.2) is 42.4 Å². The molecule has 4 aromatic carbocycles. The number of para-hydroxylation sites is 1. The van der Waals surface area contributed by atoms with Crippen LogP contribution in [0.3, 0.4) is 0 Å². The molecule has 0 unspecified atom stereocenters. The number of ether oxygens (including phenoxy) is 1. The average Bonchev–Trinajstić information content (AvgIpc) is 3.28. The van der Waals surface area contributed by atoms with E-state index in [1.165, 1.54) is 6.07 Å². The number of carbonyl (C=O) groups excluding carboxylic acids is 1. The third-order valence-corrected chi connectivity index (χ3v) is 7.84. The van der Waals surface area contributed by atoms with Crippen molar-refractivity contribution in [2.45, 2.75) is 23.5 Å². The maximum atomic E-state index is 13.4. The van der Waals surface area contributed by atoms with Crippen LogP contribution in [0.2, 0.25) is 0 Å². The van der Waals surface area contributed by atoms with Crippen molar-refractivity contribution in [3.8, 4) is 11.5 Å². The van der Waals surface area contributed by atoms with E-state index in [4.69, 9.17) is 4.74 Å². The van der Waals surface area contributed by atoms with Gasteiger partial charge in [0.05, 0.1) is 11.0 Å². The first-order valence-electron chi connectivity index (χ1n) is 11.2. The lowest BCUT2D eigenvalue weighted by atomic mass is 10.1. The van der Waals surface area contributed by atoms with Crippen LogP contribution in [0.4, 0.5) is 5.69 Å². The molecule has 1 saturated heterocycles. The van der Waals surface area contributed by atoms with Gasteiger partial charge in [-0.1, -0.05) is 48.5 Å². The molecule has 178 valence electrons. The number of β-amino-alcohol motifs (C(OH)–C–C–N with tert-alkyl or cyclic N) is 1. The monoisotopic (exact) mass is 488 g/mol. The molecule has 1 aliphatic rings. The van der Waals surface area contributed by atoms with Crippen molar-refractivity contribution in [3.63, 3.8) is 0 Å². The minimum Gasteiger partial charge on any atom is -0.457 e. The second kappa shape index (κ2) is 9.50. The summed E-state index contributed by atoms with van der Waals surface area (Å²) in [5.41, 5.74) is 0.500. The Morgan fingerprint density at radius 2 is 1.51 bits per heavy atom. The summed E-state index contributed by atoms with van der Waals surface area (Å²) in [4.78, 5) is 13.2. The predicted molar refractivity (Wildman–Crippen MR) is 134 cm³/mol. The molecular formula is C27H24N2O5S. The zero-order chi connectivity index (χ0) is 24.4. The van der Waals surface area contributed by atoms with Gasteiger partial charge in [-0.2, -0.15) is 4.31 Å². The molecule has 1 amide bonds. The molecule has 2 atom stereocenters. The summed E-state index contributed by atoms with van der Waals surface area (Å²) in [6, 6.07) is 27.4. The van der Waals surface area contributed by atoms with Crippen molar-refractivity contribution in [2.24, 2.45) is 0 Å². The number of benzene rings is 4. The second-order valence-electron chi connectivity index (χ2n) is 8.42. The van der Waals surface area contributed by atoms with Crippen molar-refractivity contribution in [1.29, 1.82) is 0 Å². The molecule has 1 aliphatic heterocycles. The van der Waals surface area contributed by atoms with E-state index < -0.39 is 28.1 Å². The van der Waals surface area contributed by atoms with Gasteiger partial charge in [0.2, 0.25) is 15.9 Å². The molecule has 0 radical (unpaired) electrons. The van der Waals surface area contributed by atoms with Crippen LogP contribution in [0, 0.1) is 0 Å². The van der Waals surface area contributed by atoms with E-state index in [2.05, 4.69) is 5.32 Å². The quantitative estimate of drug-likeness (QED) is 0.420. The number of aliphatic hydroxyl groups excluding tert-OH is 1. The van der Waals surface area contributed by atoms with E-state index in [1.54, 1.807) is 36.4 Å². The summed E-state index contributed by atoms with van der Waals surface area (Å²) in [6.07, 6.45) is -0.906. The summed E-state index contributed by atoms with van der Waals surface area (Å²) in [5.74, 6) is 0.799. The van der Waals surface area contributed by atoms with Crippen LogP contribution < -0.4 is 10.1 Å². The summed E-state index contributed by atoms with van der Waals surface area (Å²) in [5, 5.41) is 14.7. The minimum atomic E-state index is -4.00. The van der Waals surface area contributed by atoms with Crippen LogP contribution in [0.15, 0.2) is 102 Å². The van der Waals surface area contributed by atoms with Crippen LogP contribution in [0.1, 0.15) is 6.42 Å². The lowest BCUT2D eigenvalue weighted by Crippen LogP contribution is -2.43. The van der Waals surface area contributed by atoms with E-state index in [9.17, 15) is 18.3 Å². The lowest BCUT2D eigenvalue weighted by molar-refractivity contribution is -0.119. The topological polar surface area (TPSA) is 95.9 Å².